The molecule has 1 aromatic carbocycles. The molecule has 0 spiro atoms. The minimum absolute atomic E-state index is 0.0917. The number of H-pyrrole nitrogens is 1. The van der Waals surface area contributed by atoms with Crippen molar-refractivity contribution < 1.29 is 9.18 Å². The van der Waals surface area contributed by atoms with Crippen LogP contribution in [0.2, 0.25) is 0 Å². The van der Waals surface area contributed by atoms with Gasteiger partial charge in [-0.25, -0.2) is 4.39 Å². The van der Waals surface area contributed by atoms with Crippen LogP contribution in [0.25, 0.3) is 0 Å². The first-order chi connectivity index (χ1) is 14.9. The second kappa shape index (κ2) is 8.85. The Bertz CT molecular complexity index is 1080. The molecule has 2 atom stereocenters. The van der Waals surface area contributed by atoms with E-state index < -0.39 is 0 Å². The van der Waals surface area contributed by atoms with Crippen molar-refractivity contribution in [3.05, 3.63) is 83.2 Å². The highest BCUT2D eigenvalue weighted by Crippen LogP contribution is 2.40. The molecule has 6 nitrogen and oxygen atoms in total. The minimum Gasteiger partial charge on any atom is -0.362 e. The number of nitrogens with zero attached hydrogens (tertiary/aromatic N) is 2. The Balaban J connectivity index is 1.54. The average molecular weight is 438 g/mol. The molecule has 1 aliphatic heterocycles. The van der Waals surface area contributed by atoms with Gasteiger partial charge in [-0.3, -0.25) is 9.78 Å². The number of aromatic amines is 1. The van der Waals surface area contributed by atoms with Gasteiger partial charge in [-0.05, 0) is 74.1 Å². The summed E-state index contributed by atoms with van der Waals surface area (Å²) in [6, 6.07) is 13.5. The zero-order valence-electron chi connectivity index (χ0n) is 17.4. The number of anilines is 1. The fourth-order valence-corrected chi connectivity index (χ4v) is 4.35. The molecule has 1 aliphatic rings. The van der Waals surface area contributed by atoms with E-state index in [1.807, 2.05) is 32.0 Å². The van der Waals surface area contributed by atoms with E-state index >= 15 is 0 Å². The lowest BCUT2D eigenvalue weighted by Gasteiger charge is -2.27. The molecule has 31 heavy (non-hydrogen) atoms. The molecule has 2 aromatic heterocycles. The molecule has 3 N–H and O–H groups in total. The predicted molar refractivity (Wildman–Crippen MR) is 122 cm³/mol. The lowest BCUT2D eigenvalue weighted by atomic mass is 9.96. The van der Waals surface area contributed by atoms with Crippen molar-refractivity contribution in [2.24, 2.45) is 0 Å². The molecule has 0 aliphatic carbocycles. The molecule has 8 heteroatoms. The summed E-state index contributed by atoms with van der Waals surface area (Å²) < 4.78 is 13.1. The number of nitrogens with one attached hydrogen (secondary N) is 3. The van der Waals surface area contributed by atoms with Crippen LogP contribution in [0.1, 0.15) is 41.1 Å². The molecule has 1 amide bonds. The number of rotatable bonds is 6. The van der Waals surface area contributed by atoms with Crippen molar-refractivity contribution in [1.29, 1.82) is 0 Å². The maximum atomic E-state index is 13.1. The largest absolute Gasteiger partial charge is 0.362 e. The number of pyridine rings is 1. The third kappa shape index (κ3) is 4.59. The Kier molecular flexibility index (Phi) is 5.99. The molecule has 0 saturated carbocycles. The van der Waals surface area contributed by atoms with E-state index in [1.165, 1.54) is 12.1 Å². The summed E-state index contributed by atoms with van der Waals surface area (Å²) >= 11 is 5.64. The van der Waals surface area contributed by atoms with Gasteiger partial charge in [0.15, 0.2) is 5.11 Å². The van der Waals surface area contributed by atoms with Crippen molar-refractivity contribution in [2.75, 3.05) is 11.9 Å². The summed E-state index contributed by atoms with van der Waals surface area (Å²) in [4.78, 5) is 22.5. The summed E-state index contributed by atoms with van der Waals surface area (Å²) in [5.41, 5.74) is 4.72. The van der Waals surface area contributed by atoms with Crippen LogP contribution in [0.3, 0.4) is 0 Å². The summed E-state index contributed by atoms with van der Waals surface area (Å²) in [7, 11) is 0. The number of amides is 1. The third-order valence-corrected chi connectivity index (χ3v) is 5.77. The Hall–Kier alpha value is -3.26. The summed E-state index contributed by atoms with van der Waals surface area (Å²) in [6.45, 7) is 4.50. The first kappa shape index (κ1) is 21.0. The fourth-order valence-electron chi connectivity index (χ4n) is 4.02. The van der Waals surface area contributed by atoms with Gasteiger partial charge in [0.25, 0.3) is 0 Å². The summed E-state index contributed by atoms with van der Waals surface area (Å²) in [6.07, 6.45) is 2.01. The Morgan fingerprint density at radius 3 is 2.65 bits per heavy atom. The van der Waals surface area contributed by atoms with Gasteiger partial charge in [0, 0.05) is 36.2 Å². The molecule has 1 saturated heterocycles. The molecule has 0 bridgehead atoms. The smallest absolute Gasteiger partial charge is 0.226 e. The first-order valence-corrected chi connectivity index (χ1v) is 10.5. The van der Waals surface area contributed by atoms with E-state index in [2.05, 4.69) is 31.6 Å². The third-order valence-electron chi connectivity index (χ3n) is 5.41. The number of carbonyl (C=O) groups is 1. The molecular formula is C23H24FN5OS. The van der Waals surface area contributed by atoms with Crippen LogP contribution in [-0.4, -0.2) is 32.4 Å². The molecule has 160 valence electrons. The molecular weight excluding hydrogens is 413 g/mol. The second-order valence-corrected chi connectivity index (χ2v) is 8.04. The van der Waals surface area contributed by atoms with Crippen LogP contribution in [0.4, 0.5) is 10.1 Å². The molecule has 3 heterocycles. The zero-order chi connectivity index (χ0) is 22.0. The van der Waals surface area contributed by atoms with Crippen LogP contribution in [0.15, 0.2) is 54.7 Å². The highest BCUT2D eigenvalue weighted by molar-refractivity contribution is 7.80. The Morgan fingerprint density at radius 1 is 1.23 bits per heavy atom. The van der Waals surface area contributed by atoms with Crippen molar-refractivity contribution in [3.8, 4) is 0 Å². The number of halogens is 1. The maximum Gasteiger partial charge on any atom is 0.226 e. The number of thiocarbonyl (C=S) groups is 1. The van der Waals surface area contributed by atoms with Crippen LogP contribution in [0, 0.1) is 19.7 Å². The first-order valence-electron chi connectivity index (χ1n) is 10.1. The molecule has 2 unspecified atom stereocenters. The molecule has 3 aromatic rings. The van der Waals surface area contributed by atoms with Crippen LogP contribution in [0.5, 0.6) is 0 Å². The zero-order valence-corrected chi connectivity index (χ0v) is 18.2. The number of hydrogen-bond donors (Lipinski definition) is 3. The van der Waals surface area contributed by atoms with Gasteiger partial charge >= 0.3 is 0 Å². The van der Waals surface area contributed by atoms with Gasteiger partial charge in [-0.1, -0.05) is 6.07 Å². The van der Waals surface area contributed by atoms with E-state index in [4.69, 9.17) is 12.2 Å². The Morgan fingerprint density at radius 2 is 2.00 bits per heavy atom. The average Bonchev–Trinajstić information content (AvgIpc) is 3.26. The maximum absolute atomic E-state index is 13.1. The quantitative estimate of drug-likeness (QED) is 0.505. The number of hydrogen-bond acceptors (Lipinski definition) is 3. The highest BCUT2D eigenvalue weighted by Gasteiger charge is 2.40. The highest BCUT2D eigenvalue weighted by atomic mass is 32.1. The van der Waals surface area contributed by atoms with Gasteiger partial charge in [0.05, 0.1) is 17.8 Å². The summed E-state index contributed by atoms with van der Waals surface area (Å²) in [5.74, 6) is -0.497. The van der Waals surface area contributed by atoms with E-state index in [0.29, 0.717) is 17.3 Å². The summed E-state index contributed by atoms with van der Waals surface area (Å²) in [5, 5.41) is 6.79. The minimum atomic E-state index is -0.341. The van der Waals surface area contributed by atoms with Gasteiger partial charge in [0.2, 0.25) is 5.91 Å². The van der Waals surface area contributed by atoms with Crippen molar-refractivity contribution in [3.63, 3.8) is 0 Å². The lowest BCUT2D eigenvalue weighted by molar-refractivity contribution is -0.116. The molecule has 0 radical (unpaired) electrons. The topological polar surface area (TPSA) is 73.1 Å². The molecule has 4 rings (SSSR count). The standard InChI is InChI=1S/C23H24FN5OS/c1-14-13-18(15(2)26-14)22-21(19-5-3-4-11-25-19)28-23(31)29(22)12-10-20(30)27-17-8-6-16(24)7-9-17/h3-9,11,13,21-22,26H,10,12H2,1-2H3,(H,27,30)(H,28,31). The lowest BCUT2D eigenvalue weighted by Crippen LogP contribution is -2.32. The van der Waals surface area contributed by atoms with Crippen molar-refractivity contribution in [1.82, 2.24) is 20.2 Å². The number of aryl methyl sites for hydroxylation is 2. The van der Waals surface area contributed by atoms with Crippen molar-refractivity contribution in [2.45, 2.75) is 32.4 Å². The molecule has 1 fully saturated rings. The van der Waals surface area contributed by atoms with Gasteiger partial charge < -0.3 is 20.5 Å². The Labute approximate surface area is 185 Å². The van der Waals surface area contributed by atoms with Gasteiger partial charge in [-0.2, -0.15) is 0 Å². The number of carbonyl (C=O) groups excluding carboxylic acids is 1. The normalized spacial score (nSPS) is 18.2. The van der Waals surface area contributed by atoms with E-state index in [-0.39, 0.29) is 30.2 Å². The van der Waals surface area contributed by atoms with Crippen LogP contribution in [-0.2, 0) is 4.79 Å². The van der Waals surface area contributed by atoms with Gasteiger partial charge in [-0.15, -0.1) is 0 Å². The number of benzene rings is 1. The second-order valence-electron chi connectivity index (χ2n) is 7.66. The fraction of sp³-hybridized carbons (Fsp3) is 0.261. The SMILES string of the molecule is Cc1cc(C2C(c3ccccn3)NC(=S)N2CCC(=O)Nc2ccc(F)cc2)c(C)[nH]1. The van der Waals surface area contributed by atoms with E-state index in [0.717, 1.165) is 22.6 Å². The van der Waals surface area contributed by atoms with Crippen molar-refractivity contribution >= 4 is 28.9 Å². The van der Waals surface area contributed by atoms with Crippen LogP contribution >= 0.6 is 12.2 Å². The predicted octanol–water partition coefficient (Wildman–Crippen LogP) is 4.17. The van der Waals surface area contributed by atoms with E-state index in [9.17, 15) is 9.18 Å². The van der Waals surface area contributed by atoms with E-state index in [1.54, 1.807) is 18.3 Å². The monoisotopic (exact) mass is 437 g/mol. The van der Waals surface area contributed by atoms with Crippen LogP contribution < -0.4 is 10.6 Å². The number of aromatic nitrogens is 2. The van der Waals surface area contributed by atoms with Gasteiger partial charge in [0.1, 0.15) is 5.82 Å².